The SMILES string of the molecule is C=CC(=O)O.CSCC[C@H](N)C(=O)OC1(OC(=O)[C@@H](N)CCSC)CCCC1. The molecule has 0 spiro atoms. The van der Waals surface area contributed by atoms with Crippen molar-refractivity contribution < 1.29 is 29.0 Å². The summed E-state index contributed by atoms with van der Waals surface area (Å²) in [5.41, 5.74) is 11.7. The van der Waals surface area contributed by atoms with Crippen molar-refractivity contribution in [3.8, 4) is 0 Å². The molecule has 5 N–H and O–H groups in total. The normalized spacial score (nSPS) is 16.9. The van der Waals surface area contributed by atoms with E-state index in [1.165, 1.54) is 0 Å². The minimum absolute atomic E-state index is 0.508. The molecule has 0 amide bonds. The van der Waals surface area contributed by atoms with E-state index in [0.29, 0.717) is 25.7 Å². The van der Waals surface area contributed by atoms with E-state index in [-0.39, 0.29) is 0 Å². The molecule has 0 saturated heterocycles. The topological polar surface area (TPSA) is 142 Å². The van der Waals surface area contributed by atoms with Crippen LogP contribution < -0.4 is 11.5 Å². The van der Waals surface area contributed by atoms with Gasteiger partial charge in [0.05, 0.1) is 0 Å². The van der Waals surface area contributed by atoms with Gasteiger partial charge in [-0.25, -0.2) is 4.79 Å². The number of hydrogen-bond acceptors (Lipinski definition) is 9. The Morgan fingerprint density at radius 1 is 1.04 bits per heavy atom. The standard InChI is InChI=1S/C15H28N2O4S2.C3H4O2/c1-22-9-5-11(16)13(18)20-15(7-3-4-8-15)21-14(19)12(17)6-10-23-2;1-2-3(4)5/h11-12H,3-10,16-17H2,1-2H3;2H,1H2,(H,4,5)/t11-,12-;/m0./s1. The summed E-state index contributed by atoms with van der Waals surface area (Å²) in [7, 11) is 0. The number of ether oxygens (including phenoxy) is 2. The molecular weight excluding hydrogens is 404 g/mol. The Kier molecular flexibility index (Phi) is 14.1. The Balaban J connectivity index is 0.00000129. The summed E-state index contributed by atoms with van der Waals surface area (Å²) < 4.78 is 11.0. The van der Waals surface area contributed by atoms with Crippen molar-refractivity contribution in [1.82, 2.24) is 0 Å². The van der Waals surface area contributed by atoms with Crippen molar-refractivity contribution in [2.75, 3.05) is 24.0 Å². The van der Waals surface area contributed by atoms with Gasteiger partial charge in [0.1, 0.15) is 12.1 Å². The first-order chi connectivity index (χ1) is 13.2. The lowest BCUT2D eigenvalue weighted by Gasteiger charge is -2.30. The predicted molar refractivity (Wildman–Crippen MR) is 113 cm³/mol. The van der Waals surface area contributed by atoms with Gasteiger partial charge in [-0.1, -0.05) is 6.58 Å². The van der Waals surface area contributed by atoms with Gasteiger partial charge in [-0.2, -0.15) is 23.5 Å². The van der Waals surface area contributed by atoms with E-state index in [2.05, 4.69) is 6.58 Å². The molecular formula is C18H32N2O6S2. The van der Waals surface area contributed by atoms with Crippen molar-refractivity contribution in [2.45, 2.75) is 56.4 Å². The molecule has 1 aliphatic rings. The zero-order valence-electron chi connectivity index (χ0n) is 16.6. The Morgan fingerprint density at radius 3 is 1.68 bits per heavy atom. The van der Waals surface area contributed by atoms with Gasteiger partial charge in [0.2, 0.25) is 0 Å². The lowest BCUT2D eigenvalue weighted by Crippen LogP contribution is -2.46. The Hall–Kier alpha value is -1.23. The molecule has 0 aromatic rings. The number of esters is 2. The second kappa shape index (κ2) is 14.7. The van der Waals surface area contributed by atoms with E-state index in [1.807, 2.05) is 12.5 Å². The summed E-state index contributed by atoms with van der Waals surface area (Å²) >= 11 is 3.24. The zero-order valence-corrected chi connectivity index (χ0v) is 18.2. The van der Waals surface area contributed by atoms with E-state index in [0.717, 1.165) is 30.4 Å². The summed E-state index contributed by atoms with van der Waals surface area (Å²) in [5, 5.41) is 7.60. The van der Waals surface area contributed by atoms with Crippen LogP contribution in [-0.2, 0) is 23.9 Å². The van der Waals surface area contributed by atoms with E-state index >= 15 is 0 Å². The zero-order chi connectivity index (χ0) is 21.6. The van der Waals surface area contributed by atoms with Gasteiger partial charge < -0.3 is 26.0 Å². The smallest absolute Gasteiger partial charge is 0.327 e. The minimum atomic E-state index is -1.18. The third kappa shape index (κ3) is 10.9. The molecule has 1 aliphatic carbocycles. The molecule has 10 heteroatoms. The van der Waals surface area contributed by atoms with Gasteiger partial charge in [-0.3, -0.25) is 9.59 Å². The number of thioether (sulfide) groups is 2. The van der Waals surface area contributed by atoms with Crippen LogP contribution in [0.4, 0.5) is 0 Å². The summed E-state index contributed by atoms with van der Waals surface area (Å²) in [5.74, 6) is -1.62. The van der Waals surface area contributed by atoms with Crippen LogP contribution in [0.3, 0.4) is 0 Å². The first kappa shape index (κ1) is 26.8. The van der Waals surface area contributed by atoms with Crippen LogP contribution in [0.5, 0.6) is 0 Å². The fourth-order valence-corrected chi connectivity index (χ4v) is 3.36. The third-order valence-corrected chi connectivity index (χ3v) is 5.27. The van der Waals surface area contributed by atoms with Gasteiger partial charge in [-0.05, 0) is 49.7 Å². The van der Waals surface area contributed by atoms with Gasteiger partial charge in [-0.15, -0.1) is 0 Å². The van der Waals surface area contributed by atoms with Gasteiger partial charge in [0.25, 0.3) is 5.79 Å². The van der Waals surface area contributed by atoms with E-state index in [9.17, 15) is 14.4 Å². The second-order valence-electron chi connectivity index (χ2n) is 6.28. The molecule has 0 aromatic heterocycles. The highest BCUT2D eigenvalue weighted by molar-refractivity contribution is 7.98. The number of nitrogens with two attached hydrogens (primary N) is 2. The minimum Gasteiger partial charge on any atom is -0.478 e. The quantitative estimate of drug-likeness (QED) is 0.249. The average Bonchev–Trinajstić information content (AvgIpc) is 3.12. The highest BCUT2D eigenvalue weighted by Gasteiger charge is 2.43. The maximum atomic E-state index is 12.2. The van der Waals surface area contributed by atoms with Crippen molar-refractivity contribution in [1.29, 1.82) is 0 Å². The van der Waals surface area contributed by atoms with Gasteiger partial charge in [0.15, 0.2) is 0 Å². The fraction of sp³-hybridized carbons (Fsp3) is 0.722. The Morgan fingerprint density at radius 2 is 1.39 bits per heavy atom. The highest BCUT2D eigenvalue weighted by atomic mass is 32.2. The van der Waals surface area contributed by atoms with Crippen molar-refractivity contribution in [3.63, 3.8) is 0 Å². The third-order valence-electron chi connectivity index (χ3n) is 3.98. The second-order valence-corrected chi connectivity index (χ2v) is 8.25. The first-order valence-corrected chi connectivity index (χ1v) is 11.8. The molecule has 2 atom stereocenters. The number of carboxylic acid groups (broad SMARTS) is 1. The molecule has 0 unspecified atom stereocenters. The number of carboxylic acids is 1. The van der Waals surface area contributed by atoms with Crippen LogP contribution in [0.2, 0.25) is 0 Å². The van der Waals surface area contributed by atoms with Crippen molar-refractivity contribution in [3.05, 3.63) is 12.7 Å². The number of aliphatic carboxylic acids is 1. The Bertz CT molecular complexity index is 482. The number of carbonyl (C=O) groups excluding carboxylic acids is 2. The summed E-state index contributed by atoms with van der Waals surface area (Å²) in [6.45, 7) is 2.96. The molecule has 8 nitrogen and oxygen atoms in total. The largest absolute Gasteiger partial charge is 0.478 e. The molecule has 0 aliphatic heterocycles. The van der Waals surface area contributed by atoms with Crippen LogP contribution >= 0.6 is 23.5 Å². The van der Waals surface area contributed by atoms with E-state index < -0.39 is 35.8 Å². The van der Waals surface area contributed by atoms with Crippen LogP contribution in [0, 0.1) is 0 Å². The Labute approximate surface area is 175 Å². The molecule has 0 radical (unpaired) electrons. The highest BCUT2D eigenvalue weighted by Crippen LogP contribution is 2.35. The fourth-order valence-electron chi connectivity index (χ4n) is 2.38. The van der Waals surface area contributed by atoms with Crippen LogP contribution in [0.25, 0.3) is 0 Å². The number of rotatable bonds is 11. The summed E-state index contributed by atoms with van der Waals surface area (Å²) in [6.07, 6.45) is 8.53. The molecule has 1 saturated carbocycles. The van der Waals surface area contributed by atoms with Crippen LogP contribution in [-0.4, -0.2) is 64.9 Å². The average molecular weight is 437 g/mol. The lowest BCUT2D eigenvalue weighted by atomic mass is 10.2. The molecule has 1 rings (SSSR count). The van der Waals surface area contributed by atoms with Crippen molar-refractivity contribution in [2.24, 2.45) is 11.5 Å². The van der Waals surface area contributed by atoms with Crippen LogP contribution in [0.1, 0.15) is 38.5 Å². The molecule has 0 aromatic carbocycles. The van der Waals surface area contributed by atoms with Gasteiger partial charge in [0, 0.05) is 18.9 Å². The van der Waals surface area contributed by atoms with Crippen molar-refractivity contribution >= 4 is 41.4 Å². The predicted octanol–water partition coefficient (Wildman–Crippen LogP) is 1.76. The maximum absolute atomic E-state index is 12.2. The monoisotopic (exact) mass is 436 g/mol. The number of carbonyl (C=O) groups is 3. The summed E-state index contributed by atoms with van der Waals surface area (Å²) in [4.78, 5) is 33.6. The summed E-state index contributed by atoms with van der Waals surface area (Å²) in [6, 6.07) is -1.38. The molecule has 0 bridgehead atoms. The van der Waals surface area contributed by atoms with Gasteiger partial charge >= 0.3 is 17.9 Å². The van der Waals surface area contributed by atoms with Crippen LogP contribution in [0.15, 0.2) is 12.7 Å². The molecule has 0 heterocycles. The lowest BCUT2D eigenvalue weighted by molar-refractivity contribution is -0.228. The molecule has 1 fully saturated rings. The molecule has 28 heavy (non-hydrogen) atoms. The maximum Gasteiger partial charge on any atom is 0.327 e. The number of hydrogen-bond donors (Lipinski definition) is 3. The van der Waals surface area contributed by atoms with E-state index in [4.69, 9.17) is 26.0 Å². The molecule has 162 valence electrons. The van der Waals surface area contributed by atoms with E-state index in [1.54, 1.807) is 23.5 Å². The first-order valence-electron chi connectivity index (χ1n) is 9.01.